The van der Waals surface area contributed by atoms with Crippen LogP contribution in [0.2, 0.25) is 0 Å². The Morgan fingerprint density at radius 2 is 1.97 bits per heavy atom. The van der Waals surface area contributed by atoms with Gasteiger partial charge in [-0.2, -0.15) is 4.98 Å². The van der Waals surface area contributed by atoms with E-state index in [1.54, 1.807) is 31.3 Å². The van der Waals surface area contributed by atoms with Crippen LogP contribution in [-0.4, -0.2) is 77.3 Å². The smallest absolute Gasteiger partial charge is 0.237 e. The van der Waals surface area contributed by atoms with Gasteiger partial charge in [-0.3, -0.25) is 9.36 Å². The van der Waals surface area contributed by atoms with Gasteiger partial charge in [-0.1, -0.05) is 6.07 Å². The van der Waals surface area contributed by atoms with Gasteiger partial charge in [0.1, 0.15) is 12.1 Å². The van der Waals surface area contributed by atoms with E-state index in [2.05, 4.69) is 32.1 Å². The lowest BCUT2D eigenvalue weighted by molar-refractivity contribution is -0.121. The van der Waals surface area contributed by atoms with Gasteiger partial charge in [0.25, 0.3) is 0 Å². The number of aromatic nitrogens is 4. The number of benzene rings is 1. The fourth-order valence-electron chi connectivity index (χ4n) is 4.14. The normalized spacial score (nSPS) is 16.4. The summed E-state index contributed by atoms with van der Waals surface area (Å²) in [4.78, 5) is 30.8. The van der Waals surface area contributed by atoms with Crippen LogP contribution < -0.4 is 19.7 Å². The van der Waals surface area contributed by atoms with Crippen LogP contribution in [0.15, 0.2) is 43.0 Å². The number of amides is 1. The second kappa shape index (κ2) is 10.5. The molecule has 3 aromatic rings. The van der Waals surface area contributed by atoms with Crippen molar-refractivity contribution in [1.29, 1.82) is 0 Å². The van der Waals surface area contributed by atoms with E-state index < -0.39 is 0 Å². The number of nitrogens with one attached hydrogen (secondary N) is 1. The van der Waals surface area contributed by atoms with Gasteiger partial charge in [-0.15, -0.1) is 0 Å². The van der Waals surface area contributed by atoms with Crippen LogP contribution in [0.1, 0.15) is 17.7 Å². The van der Waals surface area contributed by atoms with Gasteiger partial charge < -0.3 is 24.6 Å². The molecule has 1 atom stereocenters. The van der Waals surface area contributed by atoms with E-state index in [0.29, 0.717) is 30.4 Å². The van der Waals surface area contributed by atoms with Crippen molar-refractivity contribution in [1.82, 2.24) is 29.7 Å². The zero-order chi connectivity index (χ0) is 24.1. The van der Waals surface area contributed by atoms with Crippen molar-refractivity contribution in [3.05, 3.63) is 54.2 Å². The highest BCUT2D eigenvalue weighted by Gasteiger charge is 2.29. The van der Waals surface area contributed by atoms with Crippen LogP contribution in [0.4, 0.5) is 5.82 Å². The fraction of sp³-hybridized carbons (Fsp3) is 0.417. The van der Waals surface area contributed by atoms with Crippen molar-refractivity contribution < 1.29 is 14.3 Å². The molecule has 3 heterocycles. The van der Waals surface area contributed by atoms with Gasteiger partial charge in [0, 0.05) is 56.8 Å². The summed E-state index contributed by atoms with van der Waals surface area (Å²) in [5.74, 6) is 2.68. The minimum absolute atomic E-state index is 0.00547. The molecule has 10 heteroatoms. The number of methoxy groups -OCH3 is 2. The van der Waals surface area contributed by atoms with Gasteiger partial charge in [-0.05, 0) is 31.7 Å². The maximum atomic E-state index is 12.9. The van der Waals surface area contributed by atoms with Crippen molar-refractivity contribution >= 4 is 11.7 Å². The number of carbonyl (C=O) groups is 1. The predicted octanol–water partition coefficient (Wildman–Crippen LogP) is 1.81. The molecule has 2 aromatic heterocycles. The van der Waals surface area contributed by atoms with Crippen molar-refractivity contribution in [3.8, 4) is 17.4 Å². The van der Waals surface area contributed by atoms with Crippen molar-refractivity contribution in [2.75, 3.05) is 45.8 Å². The monoisotopic (exact) mass is 465 g/mol. The van der Waals surface area contributed by atoms with Crippen LogP contribution in [-0.2, 0) is 11.3 Å². The number of aryl methyl sites for hydroxylation is 1. The zero-order valence-corrected chi connectivity index (χ0v) is 20.1. The Hall–Kier alpha value is -3.66. The van der Waals surface area contributed by atoms with Crippen molar-refractivity contribution in [3.63, 3.8) is 0 Å². The third-order valence-electron chi connectivity index (χ3n) is 5.90. The number of anilines is 1. The quantitative estimate of drug-likeness (QED) is 0.538. The van der Waals surface area contributed by atoms with Crippen LogP contribution in [0.3, 0.4) is 0 Å². The van der Waals surface area contributed by atoms with Gasteiger partial charge in [-0.25, -0.2) is 9.97 Å². The van der Waals surface area contributed by atoms with Gasteiger partial charge >= 0.3 is 0 Å². The average molecular weight is 466 g/mol. The average Bonchev–Trinajstić information content (AvgIpc) is 3.37. The minimum atomic E-state index is -0.0132. The second-order valence-electron chi connectivity index (χ2n) is 8.42. The molecule has 0 radical (unpaired) electrons. The van der Waals surface area contributed by atoms with Gasteiger partial charge in [0.2, 0.25) is 11.9 Å². The number of ether oxygens (including phenoxy) is 2. The lowest BCUT2D eigenvalue weighted by Gasteiger charge is -2.40. The van der Waals surface area contributed by atoms with Crippen LogP contribution in [0, 0.1) is 6.92 Å². The summed E-state index contributed by atoms with van der Waals surface area (Å²) < 4.78 is 12.4. The van der Waals surface area contributed by atoms with Crippen molar-refractivity contribution in [2.24, 2.45) is 0 Å². The van der Waals surface area contributed by atoms with Crippen LogP contribution in [0.5, 0.6) is 11.5 Å². The largest absolute Gasteiger partial charge is 0.493 e. The SMILES string of the molecule is COc1ccc(CNC(=O)CC2CN(C)CCN2c2cc(C)nc(-n3ccnc3)n2)cc1OC. The topological polar surface area (TPSA) is 97.6 Å². The summed E-state index contributed by atoms with van der Waals surface area (Å²) in [7, 11) is 5.28. The number of hydrogen-bond acceptors (Lipinski definition) is 8. The molecule has 1 unspecified atom stereocenters. The number of hydrogen-bond donors (Lipinski definition) is 1. The first-order valence-corrected chi connectivity index (χ1v) is 11.2. The first kappa shape index (κ1) is 23.5. The minimum Gasteiger partial charge on any atom is -0.493 e. The highest BCUT2D eigenvalue weighted by Crippen LogP contribution is 2.27. The Labute approximate surface area is 199 Å². The van der Waals surface area contributed by atoms with E-state index in [-0.39, 0.29) is 11.9 Å². The maximum Gasteiger partial charge on any atom is 0.237 e. The molecular weight excluding hydrogens is 434 g/mol. The van der Waals surface area contributed by atoms with Crippen molar-refractivity contribution in [2.45, 2.75) is 25.9 Å². The number of likely N-dealkylation sites (N-methyl/N-ethyl adjacent to an activating group) is 1. The number of imidazole rings is 1. The summed E-state index contributed by atoms with van der Waals surface area (Å²) in [5, 5.41) is 3.04. The number of nitrogens with zero attached hydrogens (tertiary/aromatic N) is 6. The molecule has 1 N–H and O–H groups in total. The highest BCUT2D eigenvalue weighted by atomic mass is 16.5. The molecule has 180 valence electrons. The van der Waals surface area contributed by atoms with Crippen LogP contribution >= 0.6 is 0 Å². The molecule has 0 bridgehead atoms. The number of piperazine rings is 1. The molecule has 0 aliphatic carbocycles. The third kappa shape index (κ3) is 5.45. The Morgan fingerprint density at radius 1 is 1.15 bits per heavy atom. The fourth-order valence-corrected chi connectivity index (χ4v) is 4.14. The summed E-state index contributed by atoms with van der Waals surface area (Å²) >= 11 is 0. The standard InChI is InChI=1S/C24H31N7O3/c1-17-11-22(28-24(27-17)30-8-7-25-16-30)31-10-9-29(2)15-19(31)13-23(32)26-14-18-5-6-20(33-3)21(12-18)34-4/h5-8,11-12,16,19H,9-10,13-15H2,1-4H3,(H,26,32). The Balaban J connectivity index is 1.46. The first-order valence-electron chi connectivity index (χ1n) is 11.2. The molecule has 1 amide bonds. The van der Waals surface area contributed by atoms with E-state index in [0.717, 1.165) is 36.7 Å². The molecule has 1 fully saturated rings. The van der Waals surface area contributed by atoms with E-state index >= 15 is 0 Å². The lowest BCUT2D eigenvalue weighted by atomic mass is 10.1. The van der Waals surface area contributed by atoms with E-state index in [9.17, 15) is 4.79 Å². The molecule has 0 saturated carbocycles. The molecule has 1 saturated heterocycles. The summed E-state index contributed by atoms with van der Waals surface area (Å²) in [5.41, 5.74) is 1.81. The van der Waals surface area contributed by atoms with Gasteiger partial charge in [0.05, 0.1) is 20.3 Å². The van der Waals surface area contributed by atoms with Crippen LogP contribution in [0.25, 0.3) is 5.95 Å². The first-order chi connectivity index (χ1) is 16.5. The highest BCUT2D eigenvalue weighted by molar-refractivity contribution is 5.77. The second-order valence-corrected chi connectivity index (χ2v) is 8.42. The Kier molecular flexibility index (Phi) is 7.27. The summed E-state index contributed by atoms with van der Waals surface area (Å²) in [6.45, 7) is 4.82. The third-order valence-corrected chi connectivity index (χ3v) is 5.90. The molecule has 10 nitrogen and oxygen atoms in total. The molecule has 1 aliphatic heterocycles. The molecule has 4 rings (SSSR count). The molecule has 34 heavy (non-hydrogen) atoms. The number of rotatable bonds is 8. The van der Waals surface area contributed by atoms with E-state index in [1.165, 1.54) is 0 Å². The molecular formula is C24H31N7O3. The Bertz CT molecular complexity index is 1120. The lowest BCUT2D eigenvalue weighted by Crippen LogP contribution is -2.53. The molecule has 0 spiro atoms. The maximum absolute atomic E-state index is 12.9. The summed E-state index contributed by atoms with van der Waals surface area (Å²) in [6, 6.07) is 7.60. The number of carbonyl (C=O) groups excluding carboxylic acids is 1. The molecule has 1 aromatic carbocycles. The Morgan fingerprint density at radius 3 is 2.71 bits per heavy atom. The molecule has 1 aliphatic rings. The zero-order valence-electron chi connectivity index (χ0n) is 20.1. The van der Waals surface area contributed by atoms with E-state index in [4.69, 9.17) is 14.5 Å². The van der Waals surface area contributed by atoms with Gasteiger partial charge in [0.15, 0.2) is 11.5 Å². The predicted molar refractivity (Wildman–Crippen MR) is 129 cm³/mol. The summed E-state index contributed by atoms with van der Waals surface area (Å²) in [6.07, 6.45) is 5.57. The van der Waals surface area contributed by atoms with E-state index in [1.807, 2.05) is 37.4 Å².